The summed E-state index contributed by atoms with van der Waals surface area (Å²) in [7, 11) is -2.51. The number of aryl methyl sites for hydroxylation is 1. The third kappa shape index (κ3) is 4.60. The highest BCUT2D eigenvalue weighted by Crippen LogP contribution is 2.28. The van der Waals surface area contributed by atoms with Crippen LogP contribution < -0.4 is 5.32 Å². The molecule has 0 saturated carbocycles. The first-order chi connectivity index (χ1) is 13.5. The smallest absolute Gasteiger partial charge is 0.393 e. The number of carbonyl (C=O) groups is 1. The van der Waals surface area contributed by atoms with Gasteiger partial charge in [0.15, 0.2) is 5.69 Å². The lowest BCUT2D eigenvalue weighted by Gasteiger charge is -2.28. The van der Waals surface area contributed by atoms with Gasteiger partial charge in [0, 0.05) is 31.9 Å². The van der Waals surface area contributed by atoms with Crippen molar-refractivity contribution >= 4 is 21.6 Å². The Bertz CT molecular complexity index is 995. The number of nitrogens with one attached hydrogen (secondary N) is 1. The van der Waals surface area contributed by atoms with Gasteiger partial charge in [0.1, 0.15) is 5.69 Å². The molecule has 1 fully saturated rings. The number of piperidine rings is 1. The first-order valence-electron chi connectivity index (χ1n) is 8.69. The maximum Gasteiger partial charge on any atom is 0.435 e. The molecule has 8 nitrogen and oxygen atoms in total. The third-order valence-corrected chi connectivity index (χ3v) is 6.49. The molecule has 1 amide bonds. The monoisotopic (exact) mass is 432 g/mol. The quantitative estimate of drug-likeness (QED) is 0.767. The van der Waals surface area contributed by atoms with Crippen LogP contribution in [0.25, 0.3) is 0 Å². The summed E-state index contributed by atoms with van der Waals surface area (Å²) in [6, 6.07) is 5.95. The lowest BCUT2D eigenvalue weighted by atomic mass is 10.1. The Hall–Kier alpha value is -2.44. The summed E-state index contributed by atoms with van der Waals surface area (Å²) in [5.74, 6) is -0.809. The van der Waals surface area contributed by atoms with E-state index in [0.29, 0.717) is 18.9 Å². The lowest BCUT2D eigenvalue weighted by molar-refractivity contribution is -0.141. The predicted molar refractivity (Wildman–Crippen MR) is 96.6 cm³/mol. The van der Waals surface area contributed by atoms with Gasteiger partial charge in [0.2, 0.25) is 10.0 Å². The second-order valence-corrected chi connectivity index (χ2v) is 8.59. The molecule has 2 heterocycles. The van der Waals surface area contributed by atoms with Crippen LogP contribution in [0.2, 0.25) is 0 Å². The number of hydrogen-bond donors (Lipinski definition) is 2. The normalized spacial score (nSPS) is 16.7. The molecule has 0 aliphatic carbocycles. The van der Waals surface area contributed by atoms with Crippen molar-refractivity contribution in [1.29, 1.82) is 0 Å². The molecule has 2 N–H and O–H groups in total. The van der Waals surface area contributed by atoms with E-state index in [9.17, 15) is 31.5 Å². The zero-order valence-electron chi connectivity index (χ0n) is 15.3. The molecule has 0 radical (unpaired) electrons. The number of nitrogens with zero attached hydrogens (tertiary/aromatic N) is 3. The molecule has 1 aromatic carbocycles. The molecule has 158 valence electrons. The van der Waals surface area contributed by atoms with E-state index in [0.717, 1.165) is 4.68 Å². The molecule has 12 heteroatoms. The second-order valence-electron chi connectivity index (χ2n) is 6.65. The van der Waals surface area contributed by atoms with Crippen LogP contribution in [-0.4, -0.2) is 52.7 Å². The highest BCUT2D eigenvalue weighted by molar-refractivity contribution is 7.89. The van der Waals surface area contributed by atoms with E-state index in [2.05, 4.69) is 10.4 Å². The molecule has 1 aromatic heterocycles. The first kappa shape index (κ1) is 21.3. The summed E-state index contributed by atoms with van der Waals surface area (Å²) in [6.45, 7) is 0.425. The Balaban J connectivity index is 1.72. The van der Waals surface area contributed by atoms with E-state index in [4.69, 9.17) is 0 Å². The molecule has 1 aliphatic heterocycles. The minimum Gasteiger partial charge on any atom is -0.393 e. The van der Waals surface area contributed by atoms with Gasteiger partial charge in [0.25, 0.3) is 5.91 Å². The van der Waals surface area contributed by atoms with Crippen molar-refractivity contribution in [2.75, 3.05) is 18.4 Å². The number of sulfonamides is 1. The Morgan fingerprint density at radius 3 is 2.31 bits per heavy atom. The molecular formula is C17H19F3N4O4S. The minimum atomic E-state index is -4.67. The summed E-state index contributed by atoms with van der Waals surface area (Å²) in [6.07, 6.45) is -4.46. The molecule has 1 saturated heterocycles. The van der Waals surface area contributed by atoms with E-state index >= 15 is 0 Å². The largest absolute Gasteiger partial charge is 0.435 e. The van der Waals surface area contributed by atoms with Gasteiger partial charge < -0.3 is 10.4 Å². The van der Waals surface area contributed by atoms with Gasteiger partial charge in [-0.15, -0.1) is 0 Å². The summed E-state index contributed by atoms with van der Waals surface area (Å²) < 4.78 is 65.5. The predicted octanol–water partition coefficient (Wildman–Crippen LogP) is 1.84. The number of alkyl halides is 3. The number of amides is 1. The summed E-state index contributed by atoms with van der Waals surface area (Å²) in [5, 5.41) is 15.2. The van der Waals surface area contributed by atoms with Crippen LogP contribution >= 0.6 is 0 Å². The standard InChI is InChI=1S/C17H19F3N4O4S/c1-23-14(10-15(22-23)17(18,19)20)16(26)21-11-2-4-13(5-3-11)29(27,28)24-8-6-12(25)7-9-24/h2-5,10,12,25H,6-9H2,1H3,(H,21,26). The average molecular weight is 432 g/mol. The van der Waals surface area contributed by atoms with Crippen LogP contribution in [0.3, 0.4) is 0 Å². The number of hydrogen-bond acceptors (Lipinski definition) is 5. The van der Waals surface area contributed by atoms with Crippen molar-refractivity contribution in [3.05, 3.63) is 41.7 Å². The number of benzene rings is 1. The van der Waals surface area contributed by atoms with Gasteiger partial charge in [-0.25, -0.2) is 8.42 Å². The molecule has 0 atom stereocenters. The summed E-state index contributed by atoms with van der Waals surface area (Å²) in [4.78, 5) is 12.3. The van der Waals surface area contributed by atoms with E-state index in [1.54, 1.807) is 0 Å². The van der Waals surface area contributed by atoms with E-state index in [1.165, 1.54) is 35.6 Å². The Morgan fingerprint density at radius 1 is 1.21 bits per heavy atom. The molecule has 2 aromatic rings. The summed E-state index contributed by atoms with van der Waals surface area (Å²) in [5.41, 5.74) is -1.25. The number of rotatable bonds is 4. The average Bonchev–Trinajstić information content (AvgIpc) is 3.05. The van der Waals surface area contributed by atoms with Crippen LogP contribution in [0.5, 0.6) is 0 Å². The third-order valence-electron chi connectivity index (χ3n) is 4.58. The second kappa shape index (κ2) is 7.76. The molecule has 0 unspecified atom stereocenters. The number of halogens is 3. The topological polar surface area (TPSA) is 105 Å². The van der Waals surface area contributed by atoms with E-state index in [1.807, 2.05) is 0 Å². The number of aromatic nitrogens is 2. The minimum absolute atomic E-state index is 0.0202. The Kier molecular flexibility index (Phi) is 5.70. The molecule has 0 spiro atoms. The lowest BCUT2D eigenvalue weighted by Crippen LogP contribution is -2.39. The van der Waals surface area contributed by atoms with Gasteiger partial charge in [-0.1, -0.05) is 0 Å². The summed E-state index contributed by atoms with van der Waals surface area (Å²) >= 11 is 0. The van der Waals surface area contributed by atoms with Gasteiger partial charge in [-0.2, -0.15) is 22.6 Å². The van der Waals surface area contributed by atoms with E-state index < -0.39 is 33.9 Å². The Labute approximate surface area is 165 Å². The zero-order valence-corrected chi connectivity index (χ0v) is 16.2. The van der Waals surface area contributed by atoms with Gasteiger partial charge >= 0.3 is 6.18 Å². The van der Waals surface area contributed by atoms with Crippen LogP contribution in [0.1, 0.15) is 29.0 Å². The van der Waals surface area contributed by atoms with Gasteiger partial charge in [-0.3, -0.25) is 9.48 Å². The zero-order chi connectivity index (χ0) is 21.4. The van der Waals surface area contributed by atoms with Crippen molar-refractivity contribution in [3.63, 3.8) is 0 Å². The van der Waals surface area contributed by atoms with Crippen molar-refractivity contribution in [2.45, 2.75) is 30.0 Å². The number of aliphatic hydroxyl groups is 1. The highest BCUT2D eigenvalue weighted by atomic mass is 32.2. The highest BCUT2D eigenvalue weighted by Gasteiger charge is 2.35. The number of aliphatic hydroxyl groups excluding tert-OH is 1. The molecule has 1 aliphatic rings. The fraction of sp³-hybridized carbons (Fsp3) is 0.412. The van der Waals surface area contributed by atoms with Crippen molar-refractivity contribution in [1.82, 2.24) is 14.1 Å². The van der Waals surface area contributed by atoms with E-state index in [-0.39, 0.29) is 29.4 Å². The molecule has 0 bridgehead atoms. The first-order valence-corrected chi connectivity index (χ1v) is 10.1. The number of anilines is 1. The van der Waals surface area contributed by atoms with Crippen molar-refractivity contribution < 1.29 is 31.5 Å². The molecule has 3 rings (SSSR count). The Morgan fingerprint density at radius 2 is 1.79 bits per heavy atom. The fourth-order valence-electron chi connectivity index (χ4n) is 2.96. The van der Waals surface area contributed by atoms with Crippen LogP contribution in [-0.2, 0) is 23.2 Å². The van der Waals surface area contributed by atoms with Crippen molar-refractivity contribution in [2.24, 2.45) is 7.05 Å². The molecular weight excluding hydrogens is 413 g/mol. The van der Waals surface area contributed by atoms with Crippen LogP contribution in [0.4, 0.5) is 18.9 Å². The maximum atomic E-state index is 12.7. The molecule has 29 heavy (non-hydrogen) atoms. The SMILES string of the molecule is Cn1nc(C(F)(F)F)cc1C(=O)Nc1ccc(S(=O)(=O)N2CCC(O)CC2)cc1. The van der Waals surface area contributed by atoms with Gasteiger partial charge in [-0.05, 0) is 37.1 Å². The van der Waals surface area contributed by atoms with Gasteiger partial charge in [0.05, 0.1) is 11.0 Å². The van der Waals surface area contributed by atoms with Crippen molar-refractivity contribution in [3.8, 4) is 0 Å². The number of carbonyl (C=O) groups excluding carboxylic acids is 1. The maximum absolute atomic E-state index is 12.7. The van der Waals surface area contributed by atoms with Crippen LogP contribution in [0.15, 0.2) is 35.2 Å². The van der Waals surface area contributed by atoms with Crippen LogP contribution in [0, 0.1) is 0 Å². The fourth-order valence-corrected chi connectivity index (χ4v) is 4.42.